The van der Waals surface area contributed by atoms with Crippen LogP contribution in [0.5, 0.6) is 0 Å². The molecule has 1 atom stereocenters. The summed E-state index contributed by atoms with van der Waals surface area (Å²) in [5.74, 6) is 0.868. The van der Waals surface area contributed by atoms with Gasteiger partial charge in [0.25, 0.3) is 0 Å². The van der Waals surface area contributed by atoms with Crippen molar-refractivity contribution >= 4 is 6.09 Å². The van der Waals surface area contributed by atoms with Gasteiger partial charge in [0.15, 0.2) is 0 Å². The quantitative estimate of drug-likeness (QED) is 0.715. The van der Waals surface area contributed by atoms with E-state index in [1.54, 1.807) is 0 Å². The third-order valence-electron chi connectivity index (χ3n) is 2.52. The maximum absolute atomic E-state index is 11.6. The Kier molecular flexibility index (Phi) is 7.25. The molecule has 0 heterocycles. The van der Waals surface area contributed by atoms with Crippen molar-refractivity contribution in [2.75, 3.05) is 27.2 Å². The van der Waals surface area contributed by atoms with Crippen molar-refractivity contribution < 1.29 is 9.53 Å². The Hall–Kier alpha value is -0.810. The molecule has 0 aliphatic heterocycles. The Bertz CT molecular complexity index is 247. The minimum Gasteiger partial charge on any atom is -0.444 e. The Morgan fingerprint density at radius 1 is 1.22 bits per heavy atom. The van der Waals surface area contributed by atoms with Crippen LogP contribution in [0.25, 0.3) is 0 Å². The fraction of sp³-hybridized carbons (Fsp3) is 0.923. The zero-order chi connectivity index (χ0) is 14.3. The van der Waals surface area contributed by atoms with Gasteiger partial charge in [-0.1, -0.05) is 13.8 Å². The fourth-order valence-corrected chi connectivity index (χ4v) is 1.37. The number of nitrogens with zero attached hydrogens (tertiary/aromatic N) is 1. The van der Waals surface area contributed by atoms with Crippen molar-refractivity contribution in [3.05, 3.63) is 0 Å². The lowest BCUT2D eigenvalue weighted by molar-refractivity contribution is 0.0512. The van der Waals surface area contributed by atoms with Gasteiger partial charge in [0.05, 0.1) is 0 Å². The number of hydrogen-bond acceptors (Lipinski definition) is 4. The van der Waals surface area contributed by atoms with Gasteiger partial charge in [0.2, 0.25) is 0 Å². The molecule has 0 radical (unpaired) electrons. The maximum Gasteiger partial charge on any atom is 0.407 e. The maximum atomic E-state index is 11.6. The van der Waals surface area contributed by atoms with E-state index in [-0.39, 0.29) is 6.09 Å². The summed E-state index contributed by atoms with van der Waals surface area (Å²) in [7, 11) is 3.91. The van der Waals surface area contributed by atoms with Crippen LogP contribution in [0.2, 0.25) is 0 Å². The predicted octanol–water partition coefficient (Wildman–Crippen LogP) is 1.85. The summed E-state index contributed by atoms with van der Waals surface area (Å²) < 4.78 is 5.21. The number of alkyl carbamates (subject to hydrolysis) is 1. The SMILES string of the molecule is CC(C)C(CNC(=O)OC(C)(C)C)CNN(C)C. The Morgan fingerprint density at radius 3 is 2.17 bits per heavy atom. The molecule has 0 aliphatic carbocycles. The Balaban J connectivity index is 4.07. The number of rotatable bonds is 6. The monoisotopic (exact) mass is 259 g/mol. The first kappa shape index (κ1) is 17.2. The zero-order valence-electron chi connectivity index (χ0n) is 12.8. The van der Waals surface area contributed by atoms with Crippen LogP contribution in [-0.4, -0.2) is 43.9 Å². The summed E-state index contributed by atoms with van der Waals surface area (Å²) in [6, 6.07) is 0. The number of carbonyl (C=O) groups excluding carboxylic acids is 1. The van der Waals surface area contributed by atoms with Gasteiger partial charge in [0, 0.05) is 27.2 Å². The number of amides is 1. The van der Waals surface area contributed by atoms with Crippen molar-refractivity contribution in [3.63, 3.8) is 0 Å². The molecular weight excluding hydrogens is 230 g/mol. The predicted molar refractivity (Wildman–Crippen MR) is 74.3 cm³/mol. The summed E-state index contributed by atoms with van der Waals surface area (Å²) in [6.07, 6.45) is -0.349. The Labute approximate surface area is 111 Å². The first-order chi connectivity index (χ1) is 8.11. The Morgan fingerprint density at radius 2 is 1.78 bits per heavy atom. The minimum atomic E-state index is -0.445. The number of ether oxygens (including phenoxy) is 1. The van der Waals surface area contributed by atoms with Gasteiger partial charge < -0.3 is 10.1 Å². The number of hydrazine groups is 1. The summed E-state index contributed by atoms with van der Waals surface area (Å²) >= 11 is 0. The third-order valence-corrected chi connectivity index (χ3v) is 2.52. The second-order valence-corrected chi connectivity index (χ2v) is 6.14. The molecule has 0 aromatic carbocycles. The van der Waals surface area contributed by atoms with Crippen LogP contribution in [0.1, 0.15) is 34.6 Å². The third kappa shape index (κ3) is 9.24. The minimum absolute atomic E-state index is 0.349. The second kappa shape index (κ2) is 7.59. The molecule has 1 unspecified atom stereocenters. The lowest BCUT2D eigenvalue weighted by Crippen LogP contribution is -2.42. The normalized spacial score (nSPS) is 13.8. The largest absolute Gasteiger partial charge is 0.444 e. The van der Waals surface area contributed by atoms with Crippen LogP contribution >= 0.6 is 0 Å². The summed E-state index contributed by atoms with van der Waals surface area (Å²) in [6.45, 7) is 11.3. The molecule has 0 aromatic heterocycles. The standard InChI is InChI=1S/C13H29N3O2/c1-10(2)11(9-15-16(6)7)8-14-12(17)18-13(3,4)5/h10-11,15H,8-9H2,1-7H3,(H,14,17). The number of nitrogens with one attached hydrogen (secondary N) is 2. The highest BCUT2D eigenvalue weighted by molar-refractivity contribution is 5.67. The molecule has 0 saturated heterocycles. The van der Waals surface area contributed by atoms with Crippen LogP contribution in [0.4, 0.5) is 4.79 Å². The molecule has 0 aliphatic rings. The summed E-state index contributed by atoms with van der Waals surface area (Å²) in [5, 5.41) is 4.74. The molecule has 0 fully saturated rings. The molecule has 18 heavy (non-hydrogen) atoms. The second-order valence-electron chi connectivity index (χ2n) is 6.14. The van der Waals surface area contributed by atoms with Crippen molar-refractivity contribution in [2.24, 2.45) is 11.8 Å². The number of hydrogen-bond donors (Lipinski definition) is 2. The van der Waals surface area contributed by atoms with E-state index in [4.69, 9.17) is 4.74 Å². The van der Waals surface area contributed by atoms with E-state index in [1.165, 1.54) is 0 Å². The molecule has 0 rings (SSSR count). The highest BCUT2D eigenvalue weighted by atomic mass is 16.6. The van der Waals surface area contributed by atoms with E-state index in [0.29, 0.717) is 18.4 Å². The van der Waals surface area contributed by atoms with E-state index >= 15 is 0 Å². The van der Waals surface area contributed by atoms with Crippen molar-refractivity contribution in [2.45, 2.75) is 40.2 Å². The lowest BCUT2D eigenvalue weighted by atomic mass is 9.96. The van der Waals surface area contributed by atoms with Crippen LogP contribution in [0.15, 0.2) is 0 Å². The number of carbonyl (C=O) groups is 1. The van der Waals surface area contributed by atoms with Crippen LogP contribution in [0.3, 0.4) is 0 Å². The van der Waals surface area contributed by atoms with Gasteiger partial charge in [-0.3, -0.25) is 10.4 Å². The van der Waals surface area contributed by atoms with Gasteiger partial charge >= 0.3 is 6.09 Å². The van der Waals surface area contributed by atoms with E-state index in [1.807, 2.05) is 39.9 Å². The molecule has 0 aromatic rings. The average Bonchev–Trinajstić information content (AvgIpc) is 2.13. The van der Waals surface area contributed by atoms with Gasteiger partial charge in [-0.2, -0.15) is 0 Å². The molecule has 1 amide bonds. The molecule has 5 nitrogen and oxygen atoms in total. The average molecular weight is 259 g/mol. The van der Waals surface area contributed by atoms with Gasteiger partial charge in [0.1, 0.15) is 5.60 Å². The zero-order valence-corrected chi connectivity index (χ0v) is 12.8. The molecule has 108 valence electrons. The van der Waals surface area contributed by atoms with E-state index in [2.05, 4.69) is 24.6 Å². The summed E-state index contributed by atoms with van der Waals surface area (Å²) in [5.41, 5.74) is 2.79. The first-order valence-corrected chi connectivity index (χ1v) is 6.49. The smallest absolute Gasteiger partial charge is 0.407 e. The van der Waals surface area contributed by atoms with Crippen molar-refractivity contribution in [1.82, 2.24) is 15.8 Å². The molecule has 5 heteroatoms. The van der Waals surface area contributed by atoms with E-state index < -0.39 is 5.60 Å². The van der Waals surface area contributed by atoms with Crippen LogP contribution in [-0.2, 0) is 4.74 Å². The van der Waals surface area contributed by atoms with Crippen LogP contribution in [0, 0.1) is 11.8 Å². The van der Waals surface area contributed by atoms with Crippen molar-refractivity contribution in [3.8, 4) is 0 Å². The van der Waals surface area contributed by atoms with E-state index in [0.717, 1.165) is 6.54 Å². The first-order valence-electron chi connectivity index (χ1n) is 6.49. The molecule has 0 bridgehead atoms. The van der Waals surface area contributed by atoms with Gasteiger partial charge in [-0.15, -0.1) is 0 Å². The highest BCUT2D eigenvalue weighted by Gasteiger charge is 2.19. The van der Waals surface area contributed by atoms with Crippen LogP contribution < -0.4 is 10.7 Å². The molecule has 2 N–H and O–H groups in total. The summed E-state index contributed by atoms with van der Waals surface area (Å²) in [4.78, 5) is 11.6. The van der Waals surface area contributed by atoms with Gasteiger partial charge in [-0.05, 0) is 32.6 Å². The van der Waals surface area contributed by atoms with Gasteiger partial charge in [-0.25, -0.2) is 4.79 Å². The van der Waals surface area contributed by atoms with Crippen molar-refractivity contribution in [1.29, 1.82) is 0 Å². The topological polar surface area (TPSA) is 53.6 Å². The molecule has 0 spiro atoms. The molecular formula is C13H29N3O2. The highest BCUT2D eigenvalue weighted by Crippen LogP contribution is 2.10. The molecule has 0 saturated carbocycles. The lowest BCUT2D eigenvalue weighted by Gasteiger charge is -2.25. The van der Waals surface area contributed by atoms with E-state index in [9.17, 15) is 4.79 Å². The fourth-order valence-electron chi connectivity index (χ4n) is 1.37.